The van der Waals surface area contributed by atoms with E-state index in [2.05, 4.69) is 10.6 Å². The molecule has 1 aromatic heterocycles. The monoisotopic (exact) mass is 421 g/mol. The van der Waals surface area contributed by atoms with E-state index in [1.165, 1.54) is 16.8 Å². The Labute approximate surface area is 168 Å². The molecule has 3 N–H and O–H groups in total. The number of rotatable bonds is 6. The second-order valence-corrected chi connectivity index (χ2v) is 8.76. The first kappa shape index (κ1) is 20.9. The predicted molar refractivity (Wildman–Crippen MR) is 107 cm³/mol. The predicted octanol–water partition coefficient (Wildman–Crippen LogP) is 1.17. The summed E-state index contributed by atoms with van der Waals surface area (Å²) in [5.41, 5.74) is 2.31. The van der Waals surface area contributed by atoms with Gasteiger partial charge in [-0.3, -0.25) is 13.9 Å². The van der Waals surface area contributed by atoms with Crippen molar-refractivity contribution in [3.05, 3.63) is 47.9 Å². The van der Waals surface area contributed by atoms with Gasteiger partial charge in [-0.2, -0.15) is 0 Å². The molecule has 9 nitrogen and oxygen atoms in total. The molecule has 2 heterocycles. The van der Waals surface area contributed by atoms with E-state index in [0.717, 1.165) is 24.7 Å². The molecule has 10 heteroatoms. The van der Waals surface area contributed by atoms with Crippen molar-refractivity contribution in [1.29, 1.82) is 0 Å². The maximum atomic E-state index is 12.1. The zero-order valence-electron chi connectivity index (χ0n) is 15.9. The first-order valence-corrected chi connectivity index (χ1v) is 11.0. The number of aliphatic hydroxyl groups is 1. The smallest absolute Gasteiger partial charge is 0.313 e. The fourth-order valence-electron chi connectivity index (χ4n) is 3.19. The number of aliphatic hydroxyl groups excluding tert-OH is 1. The highest BCUT2D eigenvalue weighted by Crippen LogP contribution is 2.31. The largest absolute Gasteiger partial charge is 0.472 e. The molecule has 1 atom stereocenters. The second kappa shape index (κ2) is 8.66. The van der Waals surface area contributed by atoms with E-state index in [4.69, 9.17) is 4.42 Å². The number of carbonyl (C=O) groups is 2. The van der Waals surface area contributed by atoms with E-state index in [1.54, 1.807) is 24.3 Å². The minimum atomic E-state index is -3.43. The van der Waals surface area contributed by atoms with Crippen molar-refractivity contribution in [3.8, 4) is 0 Å². The summed E-state index contributed by atoms with van der Waals surface area (Å²) in [6.07, 6.45) is 4.87. The molecule has 2 amide bonds. The van der Waals surface area contributed by atoms with Crippen molar-refractivity contribution < 1.29 is 27.5 Å². The van der Waals surface area contributed by atoms with Crippen LogP contribution in [-0.2, 0) is 26.0 Å². The molecule has 29 heavy (non-hydrogen) atoms. The number of hydrogen-bond acceptors (Lipinski definition) is 6. The van der Waals surface area contributed by atoms with Gasteiger partial charge < -0.3 is 20.2 Å². The Hall–Kier alpha value is -2.85. The molecule has 1 aliphatic rings. The Morgan fingerprint density at radius 1 is 1.28 bits per heavy atom. The SMILES string of the molecule is CS(=O)(=O)N1CCCc2ccc(NC(=O)C(=O)NCCC(O)c3ccoc3)cc21. The van der Waals surface area contributed by atoms with Gasteiger partial charge in [0.1, 0.15) is 0 Å². The van der Waals surface area contributed by atoms with Gasteiger partial charge in [0.25, 0.3) is 0 Å². The van der Waals surface area contributed by atoms with Gasteiger partial charge in [-0.05, 0) is 43.0 Å². The van der Waals surface area contributed by atoms with Crippen LogP contribution in [0.3, 0.4) is 0 Å². The van der Waals surface area contributed by atoms with Crippen LogP contribution in [0, 0.1) is 0 Å². The van der Waals surface area contributed by atoms with Crippen LogP contribution in [0.1, 0.15) is 30.1 Å². The van der Waals surface area contributed by atoms with Crippen LogP contribution in [0.15, 0.2) is 41.2 Å². The third kappa shape index (κ3) is 5.15. The standard InChI is InChI=1S/C19H23N3O6S/c1-29(26,27)22-9-2-3-13-4-5-15(11-16(13)22)21-19(25)18(24)20-8-6-17(23)14-7-10-28-12-14/h4-5,7,10-12,17,23H,2-3,6,8-9H2,1H3,(H,20,24)(H,21,25). The molecule has 0 aliphatic carbocycles. The Kier molecular flexibility index (Phi) is 6.23. The highest BCUT2D eigenvalue weighted by molar-refractivity contribution is 7.92. The van der Waals surface area contributed by atoms with E-state index in [0.29, 0.717) is 23.5 Å². The van der Waals surface area contributed by atoms with Gasteiger partial charge in [0.15, 0.2) is 0 Å². The van der Waals surface area contributed by atoms with Crippen molar-refractivity contribution in [1.82, 2.24) is 5.32 Å². The van der Waals surface area contributed by atoms with Gasteiger partial charge in [0, 0.05) is 24.3 Å². The lowest BCUT2D eigenvalue weighted by Gasteiger charge is -2.29. The molecule has 1 aromatic carbocycles. The van der Waals surface area contributed by atoms with Gasteiger partial charge in [-0.15, -0.1) is 0 Å². The molecular formula is C19H23N3O6S. The molecular weight excluding hydrogens is 398 g/mol. The van der Waals surface area contributed by atoms with Crippen LogP contribution < -0.4 is 14.9 Å². The maximum absolute atomic E-state index is 12.1. The maximum Gasteiger partial charge on any atom is 0.313 e. The third-order valence-electron chi connectivity index (χ3n) is 4.66. The summed E-state index contributed by atoms with van der Waals surface area (Å²) < 4.78 is 30.2. The van der Waals surface area contributed by atoms with Crippen LogP contribution in [0.5, 0.6) is 0 Å². The number of furan rings is 1. The minimum Gasteiger partial charge on any atom is -0.472 e. The summed E-state index contributed by atoms with van der Waals surface area (Å²) >= 11 is 0. The molecule has 0 radical (unpaired) electrons. The lowest BCUT2D eigenvalue weighted by Crippen LogP contribution is -2.37. The summed E-state index contributed by atoms with van der Waals surface area (Å²) in [6.45, 7) is 0.480. The van der Waals surface area contributed by atoms with Gasteiger partial charge >= 0.3 is 11.8 Å². The molecule has 2 aromatic rings. The van der Waals surface area contributed by atoms with Crippen molar-refractivity contribution in [2.24, 2.45) is 0 Å². The van der Waals surface area contributed by atoms with Crippen LogP contribution >= 0.6 is 0 Å². The zero-order chi connectivity index (χ0) is 21.0. The summed E-state index contributed by atoms with van der Waals surface area (Å²) in [5, 5.41) is 14.9. The average molecular weight is 421 g/mol. The number of benzene rings is 1. The highest BCUT2D eigenvalue weighted by Gasteiger charge is 2.25. The summed E-state index contributed by atoms with van der Waals surface area (Å²) in [5.74, 6) is -1.72. The molecule has 1 unspecified atom stereocenters. The van der Waals surface area contributed by atoms with Crippen LogP contribution in [-0.4, -0.2) is 44.7 Å². The number of nitrogens with one attached hydrogen (secondary N) is 2. The van der Waals surface area contributed by atoms with Crippen molar-refractivity contribution in [2.75, 3.05) is 29.0 Å². The molecule has 1 aliphatic heterocycles. The van der Waals surface area contributed by atoms with Gasteiger partial charge in [-0.1, -0.05) is 6.07 Å². The second-order valence-electron chi connectivity index (χ2n) is 6.85. The molecule has 0 fully saturated rings. The molecule has 0 saturated carbocycles. The third-order valence-corrected chi connectivity index (χ3v) is 5.84. The summed E-state index contributed by atoms with van der Waals surface area (Å²) in [6, 6.07) is 6.57. The Morgan fingerprint density at radius 2 is 2.07 bits per heavy atom. The fraction of sp³-hybridized carbons (Fsp3) is 0.368. The minimum absolute atomic E-state index is 0.102. The lowest BCUT2D eigenvalue weighted by atomic mass is 10.0. The molecule has 0 saturated heterocycles. The first-order chi connectivity index (χ1) is 13.8. The molecule has 0 spiro atoms. The molecule has 156 valence electrons. The van der Waals surface area contributed by atoms with E-state index in [1.807, 2.05) is 0 Å². The highest BCUT2D eigenvalue weighted by atomic mass is 32.2. The number of hydrogen-bond donors (Lipinski definition) is 3. The number of amides is 2. The normalized spacial score (nSPS) is 14.8. The lowest BCUT2D eigenvalue weighted by molar-refractivity contribution is -0.136. The summed E-state index contributed by atoms with van der Waals surface area (Å²) in [7, 11) is -3.43. The number of anilines is 2. The Bertz CT molecular complexity index is 987. The first-order valence-electron chi connectivity index (χ1n) is 9.15. The van der Waals surface area contributed by atoms with Crippen LogP contribution in [0.2, 0.25) is 0 Å². The van der Waals surface area contributed by atoms with Gasteiger partial charge in [0.05, 0.1) is 30.6 Å². The van der Waals surface area contributed by atoms with Crippen LogP contribution in [0.4, 0.5) is 11.4 Å². The fourth-order valence-corrected chi connectivity index (χ4v) is 4.17. The number of fused-ring (bicyclic) bond motifs is 1. The van der Waals surface area contributed by atoms with Crippen molar-refractivity contribution in [3.63, 3.8) is 0 Å². The molecule has 0 bridgehead atoms. The number of aryl methyl sites for hydroxylation is 1. The van der Waals surface area contributed by atoms with Crippen LogP contribution in [0.25, 0.3) is 0 Å². The van der Waals surface area contributed by atoms with Crippen molar-refractivity contribution >= 4 is 33.2 Å². The van der Waals surface area contributed by atoms with E-state index in [9.17, 15) is 23.1 Å². The van der Waals surface area contributed by atoms with Gasteiger partial charge in [-0.25, -0.2) is 8.42 Å². The Morgan fingerprint density at radius 3 is 2.76 bits per heavy atom. The Balaban J connectivity index is 1.58. The summed E-state index contributed by atoms with van der Waals surface area (Å²) in [4.78, 5) is 24.1. The van der Waals surface area contributed by atoms with E-state index in [-0.39, 0.29) is 13.0 Å². The number of sulfonamides is 1. The average Bonchev–Trinajstić information content (AvgIpc) is 3.21. The molecule has 3 rings (SSSR count). The zero-order valence-corrected chi connectivity index (χ0v) is 16.7. The van der Waals surface area contributed by atoms with E-state index >= 15 is 0 Å². The number of carbonyl (C=O) groups excluding carboxylic acids is 2. The van der Waals surface area contributed by atoms with Crippen molar-refractivity contribution in [2.45, 2.75) is 25.4 Å². The topological polar surface area (TPSA) is 129 Å². The quantitative estimate of drug-likeness (QED) is 0.601. The van der Waals surface area contributed by atoms with E-state index < -0.39 is 27.9 Å². The van der Waals surface area contributed by atoms with Gasteiger partial charge in [0.2, 0.25) is 10.0 Å². The number of nitrogens with zero attached hydrogens (tertiary/aromatic N) is 1.